The van der Waals surface area contributed by atoms with Crippen molar-refractivity contribution in [3.8, 4) is 5.75 Å². The summed E-state index contributed by atoms with van der Waals surface area (Å²) in [4.78, 5) is 23.0. The van der Waals surface area contributed by atoms with Crippen LogP contribution in [0.25, 0.3) is 0 Å². The van der Waals surface area contributed by atoms with E-state index in [1.807, 2.05) is 12.1 Å². The number of piperidine rings is 1. The van der Waals surface area contributed by atoms with Crippen molar-refractivity contribution in [3.63, 3.8) is 0 Å². The number of hydrogen-bond donors (Lipinski definition) is 1. The van der Waals surface area contributed by atoms with Gasteiger partial charge in [0.15, 0.2) is 0 Å². The molecule has 1 saturated heterocycles. The summed E-state index contributed by atoms with van der Waals surface area (Å²) in [7, 11) is -3.38. The van der Waals surface area contributed by atoms with E-state index in [2.05, 4.69) is 9.50 Å². The van der Waals surface area contributed by atoms with Gasteiger partial charge in [-0.3, -0.25) is 19.1 Å². The van der Waals surface area contributed by atoms with Gasteiger partial charge in [0.25, 0.3) is 10.1 Å². The van der Waals surface area contributed by atoms with Gasteiger partial charge in [0.2, 0.25) is 11.8 Å². The van der Waals surface area contributed by atoms with Gasteiger partial charge in [0, 0.05) is 6.42 Å². The largest absolute Gasteiger partial charge is 0.494 e. The molecule has 24 heavy (non-hydrogen) atoms. The van der Waals surface area contributed by atoms with E-state index >= 15 is 0 Å². The first-order chi connectivity index (χ1) is 11.3. The summed E-state index contributed by atoms with van der Waals surface area (Å²) in [5.74, 6) is -0.109. The molecule has 0 aromatic heterocycles. The van der Waals surface area contributed by atoms with Gasteiger partial charge in [0.1, 0.15) is 5.75 Å². The van der Waals surface area contributed by atoms with Crippen LogP contribution in [0.15, 0.2) is 24.3 Å². The molecule has 0 aliphatic carbocycles. The van der Waals surface area contributed by atoms with Crippen LogP contribution in [0, 0.1) is 0 Å². The summed E-state index contributed by atoms with van der Waals surface area (Å²) < 4.78 is 31.8. The van der Waals surface area contributed by atoms with E-state index in [0.29, 0.717) is 38.0 Å². The van der Waals surface area contributed by atoms with E-state index in [9.17, 15) is 18.0 Å². The maximum Gasteiger partial charge on any atom is 0.264 e. The Kier molecular flexibility index (Phi) is 6.33. The van der Waals surface area contributed by atoms with Gasteiger partial charge in [-0.05, 0) is 37.0 Å². The van der Waals surface area contributed by atoms with Gasteiger partial charge in [-0.1, -0.05) is 12.1 Å². The van der Waals surface area contributed by atoms with Crippen molar-refractivity contribution < 1.29 is 26.9 Å². The van der Waals surface area contributed by atoms with Crippen LogP contribution in [0.1, 0.15) is 37.2 Å². The molecular weight excluding hydrogens is 334 g/mol. The van der Waals surface area contributed by atoms with Gasteiger partial charge in [-0.25, -0.2) is 0 Å². The van der Waals surface area contributed by atoms with Crippen molar-refractivity contribution in [2.45, 2.75) is 31.6 Å². The van der Waals surface area contributed by atoms with Crippen LogP contribution in [0.2, 0.25) is 0 Å². The lowest BCUT2D eigenvalue weighted by Gasteiger charge is -2.21. The van der Waals surface area contributed by atoms with Crippen LogP contribution >= 0.6 is 0 Å². The van der Waals surface area contributed by atoms with Crippen LogP contribution in [0.5, 0.6) is 5.75 Å². The Labute approximate surface area is 141 Å². The molecule has 1 heterocycles. The molecule has 1 aromatic rings. The van der Waals surface area contributed by atoms with Gasteiger partial charge in [0.05, 0.1) is 25.4 Å². The van der Waals surface area contributed by atoms with E-state index in [4.69, 9.17) is 4.74 Å². The first kappa shape index (κ1) is 18.4. The molecule has 2 rings (SSSR count). The molecule has 0 saturated carbocycles. The second-order valence-electron chi connectivity index (χ2n) is 5.65. The van der Waals surface area contributed by atoms with Crippen molar-refractivity contribution in [2.75, 3.05) is 19.5 Å². The number of carbonyl (C=O) groups is 2. The second kappa shape index (κ2) is 8.25. The second-order valence-corrected chi connectivity index (χ2v) is 7.30. The summed E-state index contributed by atoms with van der Waals surface area (Å²) in [5.41, 5.74) is 0.855. The Morgan fingerprint density at radius 2 is 1.79 bits per heavy atom. The van der Waals surface area contributed by atoms with Gasteiger partial charge in [-0.15, -0.1) is 0 Å². The lowest BCUT2D eigenvalue weighted by atomic mass is 9.90. The smallest absolute Gasteiger partial charge is 0.264 e. The first-order valence-electron chi connectivity index (χ1n) is 7.76. The van der Waals surface area contributed by atoms with Crippen LogP contribution in [-0.2, 0) is 23.9 Å². The normalized spacial score (nSPS) is 18.3. The number of carbonyl (C=O) groups excluding carboxylic acids is 2. The lowest BCUT2D eigenvalue weighted by Crippen LogP contribution is -2.39. The minimum absolute atomic E-state index is 0.149. The Morgan fingerprint density at radius 3 is 2.42 bits per heavy atom. The number of unbranched alkanes of at least 4 members (excludes halogenated alkanes) is 1. The van der Waals surface area contributed by atoms with E-state index in [0.717, 1.165) is 11.8 Å². The van der Waals surface area contributed by atoms with E-state index < -0.39 is 10.1 Å². The molecule has 1 unspecified atom stereocenters. The number of benzene rings is 1. The SMILES string of the molecule is CS(=O)(=O)OCCCCOc1ccc(C2CCC(=O)NC2=O)cc1. The topological polar surface area (TPSA) is 98.8 Å². The summed E-state index contributed by atoms with van der Waals surface area (Å²) in [5, 5.41) is 2.34. The molecule has 0 spiro atoms. The Bertz CT molecular complexity index is 683. The van der Waals surface area contributed by atoms with Crippen molar-refractivity contribution >= 4 is 21.9 Å². The fraction of sp³-hybridized carbons (Fsp3) is 0.500. The summed E-state index contributed by atoms with van der Waals surface area (Å²) >= 11 is 0. The third-order valence-corrected chi connectivity index (χ3v) is 4.22. The number of imide groups is 1. The maximum atomic E-state index is 11.8. The zero-order valence-electron chi connectivity index (χ0n) is 13.5. The third-order valence-electron chi connectivity index (χ3n) is 3.63. The van der Waals surface area contributed by atoms with Gasteiger partial charge >= 0.3 is 0 Å². The standard InChI is InChI=1S/C16H21NO6S/c1-24(20,21)23-11-3-2-10-22-13-6-4-12(5-7-13)14-8-9-15(18)17-16(14)19/h4-7,14H,2-3,8-11H2,1H3,(H,17,18,19). The average molecular weight is 355 g/mol. The predicted molar refractivity (Wildman–Crippen MR) is 87.1 cm³/mol. The average Bonchev–Trinajstić information content (AvgIpc) is 2.50. The number of amides is 2. The molecule has 0 radical (unpaired) electrons. The third kappa shape index (κ3) is 5.93. The highest BCUT2D eigenvalue weighted by Crippen LogP contribution is 2.26. The fourth-order valence-corrected chi connectivity index (χ4v) is 2.83. The lowest BCUT2D eigenvalue weighted by molar-refractivity contribution is -0.134. The van der Waals surface area contributed by atoms with E-state index in [1.54, 1.807) is 12.1 Å². The molecule has 8 heteroatoms. The summed E-state index contributed by atoms with van der Waals surface area (Å²) in [6.07, 6.45) is 3.15. The number of ether oxygens (including phenoxy) is 1. The van der Waals surface area contributed by atoms with Crippen molar-refractivity contribution in [2.24, 2.45) is 0 Å². The first-order valence-corrected chi connectivity index (χ1v) is 9.57. The van der Waals surface area contributed by atoms with Crippen LogP contribution in [0.4, 0.5) is 0 Å². The molecule has 0 bridgehead atoms. The van der Waals surface area contributed by atoms with Gasteiger partial charge < -0.3 is 4.74 Å². The number of rotatable bonds is 8. The van der Waals surface area contributed by atoms with Crippen molar-refractivity contribution in [1.29, 1.82) is 0 Å². The van der Waals surface area contributed by atoms with Crippen LogP contribution in [-0.4, -0.2) is 39.7 Å². The molecule has 1 aliphatic heterocycles. The molecule has 7 nitrogen and oxygen atoms in total. The molecular formula is C16H21NO6S. The molecule has 1 aromatic carbocycles. The minimum Gasteiger partial charge on any atom is -0.494 e. The number of hydrogen-bond acceptors (Lipinski definition) is 6. The van der Waals surface area contributed by atoms with Gasteiger partial charge in [-0.2, -0.15) is 8.42 Å². The zero-order valence-corrected chi connectivity index (χ0v) is 14.3. The molecule has 132 valence electrons. The maximum absolute atomic E-state index is 11.8. The van der Waals surface area contributed by atoms with E-state index in [-0.39, 0.29) is 24.3 Å². The highest BCUT2D eigenvalue weighted by Gasteiger charge is 2.27. The van der Waals surface area contributed by atoms with Crippen molar-refractivity contribution in [1.82, 2.24) is 5.32 Å². The fourth-order valence-electron chi connectivity index (χ4n) is 2.41. The number of nitrogens with one attached hydrogen (secondary N) is 1. The molecule has 2 amide bonds. The Hall–Kier alpha value is -1.93. The molecule has 1 atom stereocenters. The van der Waals surface area contributed by atoms with Crippen LogP contribution in [0.3, 0.4) is 0 Å². The summed E-state index contributed by atoms with van der Waals surface area (Å²) in [6.45, 7) is 0.599. The van der Waals surface area contributed by atoms with Crippen LogP contribution < -0.4 is 10.1 Å². The Balaban J connectivity index is 1.74. The molecule has 1 aliphatic rings. The van der Waals surface area contributed by atoms with E-state index in [1.165, 1.54) is 0 Å². The quantitative estimate of drug-likeness (QED) is 0.429. The van der Waals surface area contributed by atoms with Crippen molar-refractivity contribution in [3.05, 3.63) is 29.8 Å². The molecule has 1 N–H and O–H groups in total. The monoisotopic (exact) mass is 355 g/mol. The summed E-state index contributed by atoms with van der Waals surface area (Å²) in [6, 6.07) is 7.21. The minimum atomic E-state index is -3.38. The predicted octanol–water partition coefficient (Wildman–Crippen LogP) is 1.34. The highest BCUT2D eigenvalue weighted by molar-refractivity contribution is 7.85. The Morgan fingerprint density at radius 1 is 1.12 bits per heavy atom. The molecule has 1 fully saturated rings. The highest BCUT2D eigenvalue weighted by atomic mass is 32.2. The zero-order chi connectivity index (χ0) is 17.6.